The van der Waals surface area contributed by atoms with Gasteiger partial charge in [0.15, 0.2) is 0 Å². The van der Waals surface area contributed by atoms with Gasteiger partial charge in [0.05, 0.1) is 34.4 Å². The summed E-state index contributed by atoms with van der Waals surface area (Å²) in [5.74, 6) is 0. The molecule has 2 rings (SSSR count). The van der Waals surface area contributed by atoms with Crippen LogP contribution in [0.15, 0.2) is 41.9 Å². The van der Waals surface area contributed by atoms with E-state index < -0.39 is 0 Å². The molecule has 0 aliphatic heterocycles. The monoisotopic (exact) mass is 405 g/mol. The van der Waals surface area contributed by atoms with Gasteiger partial charge in [0, 0.05) is 19.2 Å². The van der Waals surface area contributed by atoms with E-state index in [1.54, 1.807) is 12.1 Å². The highest BCUT2D eigenvalue weighted by Crippen LogP contribution is 2.26. The average Bonchev–Trinajstić information content (AvgIpc) is 2.64. The number of nitrogens with zero attached hydrogens (tertiary/aromatic N) is 2. The summed E-state index contributed by atoms with van der Waals surface area (Å²) in [7, 11) is 2.00. The van der Waals surface area contributed by atoms with Crippen LogP contribution in [-0.4, -0.2) is 24.8 Å². The number of rotatable bonds is 8. The SMILES string of the molecule is C=C(NOCc1ccc(Cl)c(Cl)c1)c1cc(C)c(N=CN(C)CC)cc1C. The fourth-order valence-corrected chi connectivity index (χ4v) is 2.72. The minimum absolute atomic E-state index is 0.347. The Bertz CT molecular complexity index is 850. The summed E-state index contributed by atoms with van der Waals surface area (Å²) in [6.07, 6.45) is 1.84. The van der Waals surface area contributed by atoms with E-state index in [-0.39, 0.29) is 0 Å². The van der Waals surface area contributed by atoms with Crippen molar-refractivity contribution in [1.29, 1.82) is 0 Å². The minimum atomic E-state index is 0.347. The molecule has 0 spiro atoms. The Balaban J connectivity index is 2.02. The first-order valence-corrected chi connectivity index (χ1v) is 9.44. The summed E-state index contributed by atoms with van der Waals surface area (Å²) < 4.78 is 0. The fourth-order valence-electron chi connectivity index (χ4n) is 2.40. The van der Waals surface area contributed by atoms with Gasteiger partial charge in [-0.15, -0.1) is 0 Å². The molecule has 2 aromatic rings. The van der Waals surface area contributed by atoms with Crippen molar-refractivity contribution in [3.05, 3.63) is 69.2 Å². The normalized spacial score (nSPS) is 11.0. The highest BCUT2D eigenvalue weighted by molar-refractivity contribution is 6.42. The highest BCUT2D eigenvalue weighted by atomic mass is 35.5. The lowest BCUT2D eigenvalue weighted by Gasteiger charge is -2.15. The Morgan fingerprint density at radius 1 is 1.19 bits per heavy atom. The van der Waals surface area contributed by atoms with E-state index in [0.717, 1.165) is 34.5 Å². The molecule has 0 aliphatic carbocycles. The number of hydrogen-bond donors (Lipinski definition) is 1. The van der Waals surface area contributed by atoms with Gasteiger partial charge < -0.3 is 4.90 Å². The maximum atomic E-state index is 6.02. The Kier molecular flexibility index (Phi) is 7.72. The van der Waals surface area contributed by atoms with Crippen LogP contribution in [0.25, 0.3) is 5.70 Å². The molecule has 0 unspecified atom stereocenters. The van der Waals surface area contributed by atoms with Crippen molar-refractivity contribution in [2.45, 2.75) is 27.4 Å². The summed E-state index contributed by atoms with van der Waals surface area (Å²) in [5.41, 5.74) is 8.60. The minimum Gasteiger partial charge on any atom is -0.366 e. The molecule has 144 valence electrons. The van der Waals surface area contributed by atoms with Crippen molar-refractivity contribution in [1.82, 2.24) is 10.4 Å². The van der Waals surface area contributed by atoms with Crippen LogP contribution in [0.4, 0.5) is 5.69 Å². The molecule has 1 N–H and O–H groups in total. The van der Waals surface area contributed by atoms with Gasteiger partial charge in [-0.25, -0.2) is 4.99 Å². The van der Waals surface area contributed by atoms with Gasteiger partial charge in [-0.1, -0.05) is 35.8 Å². The number of benzene rings is 2. The molecule has 0 radical (unpaired) electrons. The van der Waals surface area contributed by atoms with Crippen molar-refractivity contribution in [2.75, 3.05) is 13.6 Å². The molecule has 4 nitrogen and oxygen atoms in total. The molecule has 0 fully saturated rings. The van der Waals surface area contributed by atoms with Gasteiger partial charge in [-0.2, -0.15) is 0 Å². The van der Waals surface area contributed by atoms with Crippen LogP contribution in [0, 0.1) is 13.8 Å². The van der Waals surface area contributed by atoms with Gasteiger partial charge in [0.1, 0.15) is 0 Å². The molecule has 0 amide bonds. The summed E-state index contributed by atoms with van der Waals surface area (Å²) in [6.45, 7) is 11.5. The topological polar surface area (TPSA) is 36.9 Å². The smallest absolute Gasteiger partial charge is 0.0997 e. The Morgan fingerprint density at radius 3 is 2.59 bits per heavy atom. The summed E-state index contributed by atoms with van der Waals surface area (Å²) in [6, 6.07) is 9.51. The number of halogens is 2. The van der Waals surface area contributed by atoms with E-state index in [1.165, 1.54) is 0 Å². The molecule has 0 bridgehead atoms. The van der Waals surface area contributed by atoms with E-state index >= 15 is 0 Å². The second kappa shape index (κ2) is 9.79. The fraction of sp³-hybridized carbons (Fsp3) is 0.286. The third-order valence-corrected chi connectivity index (χ3v) is 4.92. The highest BCUT2D eigenvalue weighted by Gasteiger charge is 2.08. The zero-order chi connectivity index (χ0) is 20.0. The Morgan fingerprint density at radius 2 is 1.93 bits per heavy atom. The lowest BCUT2D eigenvalue weighted by Crippen LogP contribution is -2.14. The van der Waals surface area contributed by atoms with Crippen LogP contribution < -0.4 is 5.48 Å². The lowest BCUT2D eigenvalue weighted by molar-refractivity contribution is 0.0648. The van der Waals surface area contributed by atoms with Gasteiger partial charge >= 0.3 is 0 Å². The van der Waals surface area contributed by atoms with E-state index in [0.29, 0.717) is 22.3 Å². The molecule has 6 heteroatoms. The quantitative estimate of drug-likeness (QED) is 0.336. The van der Waals surface area contributed by atoms with Gasteiger partial charge in [0.2, 0.25) is 0 Å². The van der Waals surface area contributed by atoms with Crippen LogP contribution in [-0.2, 0) is 11.4 Å². The van der Waals surface area contributed by atoms with Crippen LogP contribution in [0.3, 0.4) is 0 Å². The molecular formula is C21H25Cl2N3O. The van der Waals surface area contributed by atoms with Gasteiger partial charge in [-0.3, -0.25) is 10.3 Å². The zero-order valence-electron chi connectivity index (χ0n) is 16.1. The van der Waals surface area contributed by atoms with Crippen molar-refractivity contribution in [3.8, 4) is 0 Å². The zero-order valence-corrected chi connectivity index (χ0v) is 17.7. The molecule has 0 saturated heterocycles. The van der Waals surface area contributed by atoms with Crippen molar-refractivity contribution >= 4 is 40.9 Å². The predicted octanol–water partition coefficient (Wildman–Crippen LogP) is 5.91. The molecule has 0 saturated carbocycles. The third-order valence-electron chi connectivity index (χ3n) is 4.18. The van der Waals surface area contributed by atoms with Crippen LogP contribution in [0.5, 0.6) is 0 Å². The van der Waals surface area contributed by atoms with E-state index in [1.807, 2.05) is 38.2 Å². The van der Waals surface area contributed by atoms with E-state index in [2.05, 4.69) is 36.1 Å². The predicted molar refractivity (Wildman–Crippen MR) is 116 cm³/mol. The van der Waals surface area contributed by atoms with Crippen molar-refractivity contribution < 1.29 is 4.84 Å². The molecular weight excluding hydrogens is 381 g/mol. The molecule has 27 heavy (non-hydrogen) atoms. The first-order valence-electron chi connectivity index (χ1n) is 8.68. The third kappa shape index (κ3) is 5.99. The largest absolute Gasteiger partial charge is 0.366 e. The molecule has 2 aromatic carbocycles. The van der Waals surface area contributed by atoms with Crippen LogP contribution >= 0.6 is 23.2 Å². The second-order valence-electron chi connectivity index (χ2n) is 6.39. The number of aliphatic imine (C=N–C) groups is 1. The van der Waals surface area contributed by atoms with Crippen molar-refractivity contribution in [3.63, 3.8) is 0 Å². The maximum Gasteiger partial charge on any atom is 0.0997 e. The summed E-state index contributed by atoms with van der Waals surface area (Å²) >= 11 is 11.9. The van der Waals surface area contributed by atoms with Gasteiger partial charge in [-0.05, 0) is 61.7 Å². The van der Waals surface area contributed by atoms with E-state index in [4.69, 9.17) is 28.0 Å². The molecule has 0 aromatic heterocycles. The molecule has 0 heterocycles. The summed E-state index contributed by atoms with van der Waals surface area (Å²) in [5, 5.41) is 1.03. The molecule has 0 aliphatic rings. The Labute approximate surface area is 171 Å². The second-order valence-corrected chi connectivity index (χ2v) is 7.20. The number of hydrogen-bond acceptors (Lipinski definition) is 3. The first-order chi connectivity index (χ1) is 12.8. The molecule has 0 atom stereocenters. The summed E-state index contributed by atoms with van der Waals surface area (Å²) in [4.78, 5) is 12.1. The number of nitrogens with one attached hydrogen (secondary N) is 1. The van der Waals surface area contributed by atoms with Crippen LogP contribution in [0.2, 0.25) is 10.0 Å². The van der Waals surface area contributed by atoms with E-state index in [9.17, 15) is 0 Å². The van der Waals surface area contributed by atoms with Crippen LogP contribution in [0.1, 0.15) is 29.2 Å². The maximum absolute atomic E-state index is 6.02. The number of aryl methyl sites for hydroxylation is 2. The van der Waals surface area contributed by atoms with Crippen molar-refractivity contribution in [2.24, 2.45) is 4.99 Å². The Hall–Kier alpha value is -2.01. The van der Waals surface area contributed by atoms with Gasteiger partial charge in [0.25, 0.3) is 0 Å². The lowest BCUT2D eigenvalue weighted by atomic mass is 10.0. The number of hydroxylamine groups is 1. The standard InChI is InChI=1S/C21H25Cl2N3O/c1-6-26(5)13-24-21-10-14(2)18(9-15(21)3)16(4)25-27-12-17-7-8-19(22)20(23)11-17/h7-11,13,25H,4,6,12H2,1-3,5H3. The first kappa shape index (κ1) is 21.3. The average molecular weight is 406 g/mol.